The summed E-state index contributed by atoms with van der Waals surface area (Å²) in [6, 6.07) is 2.30. The summed E-state index contributed by atoms with van der Waals surface area (Å²) >= 11 is 0. The SMILES string of the molecule is CCCCS(=O)(=O)c1ccc(C(F)(F)F)cc1N. The molecular formula is C11H14F3NO2S. The van der Waals surface area contributed by atoms with Crippen molar-refractivity contribution in [3.63, 3.8) is 0 Å². The highest BCUT2D eigenvalue weighted by Crippen LogP contribution is 2.32. The summed E-state index contributed by atoms with van der Waals surface area (Å²) in [4.78, 5) is -0.232. The molecule has 0 saturated heterocycles. The minimum atomic E-state index is -4.53. The number of alkyl halides is 3. The Morgan fingerprint density at radius 3 is 2.33 bits per heavy atom. The van der Waals surface area contributed by atoms with Crippen molar-refractivity contribution in [2.75, 3.05) is 11.5 Å². The average Bonchev–Trinajstić information content (AvgIpc) is 2.24. The number of halogens is 3. The van der Waals surface area contributed by atoms with Gasteiger partial charge in [-0.3, -0.25) is 0 Å². The standard InChI is InChI=1S/C11H14F3NO2S/c1-2-3-6-18(16,17)10-5-4-8(7-9(10)15)11(12,13)14/h4-5,7H,2-3,6,15H2,1H3. The van der Waals surface area contributed by atoms with Crippen LogP contribution in [0.25, 0.3) is 0 Å². The number of hydrogen-bond donors (Lipinski definition) is 1. The van der Waals surface area contributed by atoms with E-state index < -0.39 is 21.6 Å². The molecule has 0 aliphatic heterocycles. The number of unbranched alkanes of at least 4 members (excludes halogenated alkanes) is 1. The quantitative estimate of drug-likeness (QED) is 0.863. The summed E-state index contributed by atoms with van der Waals surface area (Å²) in [7, 11) is -3.61. The predicted octanol–water partition coefficient (Wildman–Crippen LogP) is 2.86. The molecule has 102 valence electrons. The van der Waals surface area contributed by atoms with Crippen molar-refractivity contribution >= 4 is 15.5 Å². The third-order valence-electron chi connectivity index (χ3n) is 2.44. The Morgan fingerprint density at radius 1 is 1.28 bits per heavy atom. The van der Waals surface area contributed by atoms with E-state index in [0.29, 0.717) is 18.9 Å². The van der Waals surface area contributed by atoms with Crippen LogP contribution >= 0.6 is 0 Å². The number of rotatable bonds is 4. The maximum absolute atomic E-state index is 12.4. The van der Waals surface area contributed by atoms with Crippen molar-refractivity contribution in [2.45, 2.75) is 30.8 Å². The van der Waals surface area contributed by atoms with Crippen LogP contribution < -0.4 is 5.73 Å². The molecule has 2 N–H and O–H groups in total. The fourth-order valence-corrected chi connectivity index (χ4v) is 3.03. The Bertz CT molecular complexity index is 524. The van der Waals surface area contributed by atoms with Gasteiger partial charge < -0.3 is 5.73 Å². The van der Waals surface area contributed by atoms with Crippen LogP contribution in [-0.2, 0) is 16.0 Å². The molecule has 0 atom stereocenters. The van der Waals surface area contributed by atoms with Gasteiger partial charge in [-0.2, -0.15) is 13.2 Å². The average molecular weight is 281 g/mol. The van der Waals surface area contributed by atoms with E-state index in [1.54, 1.807) is 0 Å². The third-order valence-corrected chi connectivity index (χ3v) is 4.31. The number of sulfone groups is 1. The van der Waals surface area contributed by atoms with Crippen LogP contribution in [0.1, 0.15) is 25.3 Å². The van der Waals surface area contributed by atoms with Gasteiger partial charge in [-0.25, -0.2) is 8.42 Å². The van der Waals surface area contributed by atoms with E-state index in [-0.39, 0.29) is 16.3 Å². The Morgan fingerprint density at radius 2 is 1.89 bits per heavy atom. The monoisotopic (exact) mass is 281 g/mol. The third kappa shape index (κ3) is 3.38. The van der Waals surface area contributed by atoms with Gasteiger partial charge in [0.25, 0.3) is 0 Å². The number of nitrogens with two attached hydrogens (primary N) is 1. The number of nitrogen functional groups attached to an aromatic ring is 1. The first kappa shape index (κ1) is 14.8. The van der Waals surface area contributed by atoms with Gasteiger partial charge in [0, 0.05) is 0 Å². The molecule has 1 aromatic carbocycles. The molecular weight excluding hydrogens is 267 g/mol. The van der Waals surface area contributed by atoms with Gasteiger partial charge in [-0.1, -0.05) is 13.3 Å². The summed E-state index contributed by atoms with van der Waals surface area (Å²) in [5.41, 5.74) is 4.09. The minimum Gasteiger partial charge on any atom is -0.398 e. The first-order valence-corrected chi connectivity index (χ1v) is 7.03. The molecule has 0 unspecified atom stereocenters. The van der Waals surface area contributed by atoms with Crippen LogP contribution in [0, 0.1) is 0 Å². The van der Waals surface area contributed by atoms with E-state index in [1.807, 2.05) is 6.92 Å². The fourth-order valence-electron chi connectivity index (χ4n) is 1.45. The van der Waals surface area contributed by atoms with E-state index >= 15 is 0 Å². The van der Waals surface area contributed by atoms with Crippen LogP contribution in [-0.4, -0.2) is 14.2 Å². The highest BCUT2D eigenvalue weighted by atomic mass is 32.2. The minimum absolute atomic E-state index is 0.112. The van der Waals surface area contributed by atoms with Crippen LogP contribution in [0.4, 0.5) is 18.9 Å². The molecule has 7 heteroatoms. The second-order valence-electron chi connectivity index (χ2n) is 3.92. The Labute approximate surface area is 104 Å². The van der Waals surface area contributed by atoms with Crippen LogP contribution in [0.2, 0.25) is 0 Å². The molecule has 1 rings (SSSR count). The molecule has 0 spiro atoms. The Balaban J connectivity index is 3.14. The molecule has 0 aliphatic rings. The van der Waals surface area contributed by atoms with Crippen molar-refractivity contribution < 1.29 is 21.6 Å². The predicted molar refractivity (Wildman–Crippen MR) is 62.8 cm³/mol. The highest BCUT2D eigenvalue weighted by Gasteiger charge is 2.31. The molecule has 0 radical (unpaired) electrons. The lowest BCUT2D eigenvalue weighted by Crippen LogP contribution is -2.12. The number of hydrogen-bond acceptors (Lipinski definition) is 3. The van der Waals surface area contributed by atoms with Gasteiger partial charge in [0.15, 0.2) is 9.84 Å². The highest BCUT2D eigenvalue weighted by molar-refractivity contribution is 7.91. The molecule has 0 saturated carbocycles. The van der Waals surface area contributed by atoms with E-state index in [2.05, 4.69) is 0 Å². The number of benzene rings is 1. The molecule has 0 aromatic heterocycles. The van der Waals surface area contributed by atoms with E-state index in [4.69, 9.17) is 5.73 Å². The van der Waals surface area contributed by atoms with Crippen molar-refractivity contribution in [3.05, 3.63) is 23.8 Å². The zero-order chi connectivity index (χ0) is 14.0. The molecule has 0 amide bonds. The van der Waals surface area contributed by atoms with Gasteiger partial charge in [0.2, 0.25) is 0 Å². The first-order valence-electron chi connectivity index (χ1n) is 5.38. The van der Waals surface area contributed by atoms with Crippen molar-refractivity contribution in [1.82, 2.24) is 0 Å². The lowest BCUT2D eigenvalue weighted by molar-refractivity contribution is -0.137. The van der Waals surface area contributed by atoms with E-state index in [0.717, 1.165) is 12.1 Å². The lowest BCUT2D eigenvalue weighted by atomic mass is 10.2. The fraction of sp³-hybridized carbons (Fsp3) is 0.455. The number of anilines is 1. The van der Waals surface area contributed by atoms with Gasteiger partial charge in [-0.15, -0.1) is 0 Å². The largest absolute Gasteiger partial charge is 0.416 e. The van der Waals surface area contributed by atoms with Crippen molar-refractivity contribution in [1.29, 1.82) is 0 Å². The van der Waals surface area contributed by atoms with Crippen LogP contribution in [0.5, 0.6) is 0 Å². The Kier molecular flexibility index (Phi) is 4.26. The summed E-state index contributed by atoms with van der Waals surface area (Å²) in [6.07, 6.45) is -3.40. The van der Waals surface area contributed by atoms with Crippen molar-refractivity contribution in [3.8, 4) is 0 Å². The van der Waals surface area contributed by atoms with Gasteiger partial charge in [-0.05, 0) is 24.6 Å². The molecule has 0 heterocycles. The van der Waals surface area contributed by atoms with Gasteiger partial charge in [0.1, 0.15) is 0 Å². The topological polar surface area (TPSA) is 60.2 Å². The maximum Gasteiger partial charge on any atom is 0.416 e. The second-order valence-corrected chi connectivity index (χ2v) is 6.00. The summed E-state index contributed by atoms with van der Waals surface area (Å²) < 4.78 is 60.8. The van der Waals surface area contributed by atoms with E-state index in [9.17, 15) is 21.6 Å². The summed E-state index contributed by atoms with van der Waals surface area (Å²) in [5, 5.41) is 0. The zero-order valence-corrected chi connectivity index (χ0v) is 10.6. The normalized spacial score (nSPS) is 12.7. The lowest BCUT2D eigenvalue weighted by Gasteiger charge is -2.11. The molecule has 0 fully saturated rings. The van der Waals surface area contributed by atoms with Gasteiger partial charge in [0.05, 0.1) is 21.9 Å². The Hall–Kier alpha value is -1.24. The van der Waals surface area contributed by atoms with Gasteiger partial charge >= 0.3 is 6.18 Å². The summed E-state index contributed by atoms with van der Waals surface area (Å²) in [6.45, 7) is 1.83. The molecule has 1 aromatic rings. The molecule has 0 bridgehead atoms. The first-order chi connectivity index (χ1) is 8.18. The second kappa shape index (κ2) is 5.17. The maximum atomic E-state index is 12.4. The molecule has 18 heavy (non-hydrogen) atoms. The molecule has 3 nitrogen and oxygen atoms in total. The van der Waals surface area contributed by atoms with E-state index in [1.165, 1.54) is 0 Å². The van der Waals surface area contributed by atoms with Crippen LogP contribution in [0.15, 0.2) is 23.1 Å². The zero-order valence-electron chi connectivity index (χ0n) is 9.79. The molecule has 0 aliphatic carbocycles. The summed E-state index contributed by atoms with van der Waals surface area (Å²) in [5.74, 6) is -0.112. The van der Waals surface area contributed by atoms with Crippen LogP contribution in [0.3, 0.4) is 0 Å². The smallest absolute Gasteiger partial charge is 0.398 e. The van der Waals surface area contributed by atoms with Crippen molar-refractivity contribution in [2.24, 2.45) is 0 Å².